The van der Waals surface area contributed by atoms with Crippen LogP contribution in [0.2, 0.25) is 5.02 Å². The van der Waals surface area contributed by atoms with Crippen molar-refractivity contribution in [2.75, 3.05) is 24.2 Å². The van der Waals surface area contributed by atoms with Gasteiger partial charge in [0.2, 0.25) is 21.8 Å². The lowest BCUT2D eigenvalue weighted by atomic mass is 10.0. The van der Waals surface area contributed by atoms with Gasteiger partial charge in [-0.15, -0.1) is 0 Å². The van der Waals surface area contributed by atoms with E-state index in [1.807, 2.05) is 0 Å². The van der Waals surface area contributed by atoms with Crippen molar-refractivity contribution in [1.82, 2.24) is 10.2 Å². The van der Waals surface area contributed by atoms with E-state index < -0.39 is 69.2 Å². The number of benzene rings is 3. The van der Waals surface area contributed by atoms with Crippen LogP contribution in [0.5, 0.6) is 0 Å². The van der Waals surface area contributed by atoms with Crippen molar-refractivity contribution < 1.29 is 35.6 Å². The number of amides is 2. The quantitative estimate of drug-likeness (QED) is 0.344. The van der Waals surface area contributed by atoms with Crippen molar-refractivity contribution in [3.8, 4) is 0 Å². The Balaban J connectivity index is 2.08. The average Bonchev–Trinajstić information content (AvgIpc) is 2.89. The molecule has 0 saturated carbocycles. The topological polar surface area (TPSA) is 86.8 Å². The predicted octanol–water partition coefficient (Wildman–Crippen LogP) is 4.65. The highest BCUT2D eigenvalue weighted by Gasteiger charge is 2.36. The highest BCUT2D eigenvalue weighted by molar-refractivity contribution is 7.92. The Morgan fingerprint density at radius 2 is 1.62 bits per heavy atom. The molecule has 13 heteroatoms. The lowest BCUT2D eigenvalue weighted by Gasteiger charge is -2.33. The van der Waals surface area contributed by atoms with Gasteiger partial charge in [-0.2, -0.15) is 13.2 Å². The second-order valence-corrected chi connectivity index (χ2v) is 11.2. The van der Waals surface area contributed by atoms with Gasteiger partial charge in [0, 0.05) is 25.6 Å². The fraction of sp³-hybridized carbons (Fsp3) is 0.259. The molecular weight excluding hydrogens is 574 g/mol. The summed E-state index contributed by atoms with van der Waals surface area (Å²) in [5, 5.41) is 1.82. The first kappa shape index (κ1) is 30.9. The maximum Gasteiger partial charge on any atom is 0.417 e. The van der Waals surface area contributed by atoms with Crippen LogP contribution in [0.3, 0.4) is 0 Å². The zero-order valence-electron chi connectivity index (χ0n) is 21.5. The highest BCUT2D eigenvalue weighted by atomic mass is 35.5. The third kappa shape index (κ3) is 7.72. The molecule has 3 aromatic carbocycles. The minimum atomic E-state index is -4.89. The van der Waals surface area contributed by atoms with Gasteiger partial charge >= 0.3 is 6.18 Å². The zero-order chi connectivity index (χ0) is 29.7. The molecule has 0 bridgehead atoms. The Kier molecular flexibility index (Phi) is 9.80. The number of nitrogens with one attached hydrogen (secondary N) is 1. The van der Waals surface area contributed by atoms with E-state index in [9.17, 15) is 35.6 Å². The predicted molar refractivity (Wildman–Crippen MR) is 144 cm³/mol. The lowest BCUT2D eigenvalue weighted by Crippen LogP contribution is -2.53. The largest absolute Gasteiger partial charge is 0.417 e. The molecule has 0 aliphatic heterocycles. The van der Waals surface area contributed by atoms with Crippen LogP contribution < -0.4 is 9.62 Å². The molecule has 0 radical (unpaired) electrons. The lowest BCUT2D eigenvalue weighted by molar-refractivity contribution is -0.139. The summed E-state index contributed by atoms with van der Waals surface area (Å²) < 4.78 is 81.0. The van der Waals surface area contributed by atoms with Crippen LogP contribution in [-0.2, 0) is 38.8 Å². The molecule has 0 aliphatic carbocycles. The van der Waals surface area contributed by atoms with Crippen molar-refractivity contribution in [2.45, 2.75) is 25.2 Å². The Hall–Kier alpha value is -3.64. The van der Waals surface area contributed by atoms with Crippen molar-refractivity contribution in [3.05, 3.63) is 100 Å². The number of anilines is 1. The maximum atomic E-state index is 14.6. The van der Waals surface area contributed by atoms with E-state index in [1.54, 1.807) is 30.3 Å². The summed E-state index contributed by atoms with van der Waals surface area (Å²) >= 11 is 5.69. The number of alkyl halides is 3. The number of hydrogen-bond acceptors (Lipinski definition) is 4. The number of halogens is 5. The molecule has 0 saturated heterocycles. The Morgan fingerprint density at radius 1 is 1.00 bits per heavy atom. The molecule has 3 aromatic rings. The summed E-state index contributed by atoms with van der Waals surface area (Å²) in [6.07, 6.45) is -4.17. The van der Waals surface area contributed by atoms with Crippen LogP contribution in [0, 0.1) is 5.82 Å². The first-order valence-corrected chi connectivity index (χ1v) is 14.1. The summed E-state index contributed by atoms with van der Waals surface area (Å²) in [5.41, 5.74) is -1.04. The fourth-order valence-electron chi connectivity index (χ4n) is 4.03. The summed E-state index contributed by atoms with van der Waals surface area (Å²) in [6.45, 7) is -1.38. The normalized spacial score (nSPS) is 12.5. The highest BCUT2D eigenvalue weighted by Crippen LogP contribution is 2.37. The number of hydrogen-bond donors (Lipinski definition) is 1. The van der Waals surface area contributed by atoms with Crippen molar-refractivity contribution in [2.24, 2.45) is 0 Å². The molecule has 3 rings (SSSR count). The van der Waals surface area contributed by atoms with E-state index in [1.165, 1.54) is 31.3 Å². The van der Waals surface area contributed by atoms with Crippen LogP contribution in [0.15, 0.2) is 72.8 Å². The SMILES string of the molecule is CNC(=O)[C@@H](Cc1ccccc1)N(Cc1ccccc1F)C(=O)CN(c1ccc(Cl)c(C(F)(F)F)c1)S(C)(=O)=O. The smallest absolute Gasteiger partial charge is 0.357 e. The maximum absolute atomic E-state index is 14.6. The second-order valence-electron chi connectivity index (χ2n) is 8.86. The van der Waals surface area contributed by atoms with E-state index in [0.29, 0.717) is 15.9 Å². The standard InChI is InChI=1S/C27H26ClF4N3O4S/c1-33-26(37)24(14-18-8-4-3-5-9-18)34(16-19-10-6-7-11-23(19)29)25(36)17-35(40(2,38)39)20-12-13-22(28)21(15-20)27(30,31)32/h3-13,15,24H,14,16-17H2,1-2H3,(H,33,37)/t24-/m1/s1. The fourth-order valence-corrected chi connectivity index (χ4v) is 5.10. The van der Waals surface area contributed by atoms with Crippen LogP contribution in [0.25, 0.3) is 0 Å². The second kappa shape index (κ2) is 12.7. The molecule has 0 unspecified atom stereocenters. The third-order valence-electron chi connectivity index (χ3n) is 6.04. The van der Waals surface area contributed by atoms with Gasteiger partial charge in [-0.3, -0.25) is 13.9 Å². The van der Waals surface area contributed by atoms with Crippen LogP contribution in [0.1, 0.15) is 16.7 Å². The first-order chi connectivity index (χ1) is 18.7. The number of carbonyl (C=O) groups excluding carboxylic acids is 2. The molecule has 0 aliphatic rings. The molecule has 1 N–H and O–H groups in total. The summed E-state index contributed by atoms with van der Waals surface area (Å²) in [4.78, 5) is 27.8. The Morgan fingerprint density at radius 3 is 2.20 bits per heavy atom. The molecule has 40 heavy (non-hydrogen) atoms. The van der Waals surface area contributed by atoms with Crippen molar-refractivity contribution in [3.63, 3.8) is 0 Å². The molecule has 0 spiro atoms. The van der Waals surface area contributed by atoms with Crippen LogP contribution in [0.4, 0.5) is 23.2 Å². The number of carbonyl (C=O) groups is 2. The molecule has 0 aromatic heterocycles. The summed E-state index contributed by atoms with van der Waals surface area (Å²) in [5.74, 6) is -2.21. The summed E-state index contributed by atoms with van der Waals surface area (Å²) in [7, 11) is -2.96. The summed E-state index contributed by atoms with van der Waals surface area (Å²) in [6, 6.07) is 15.4. The molecule has 7 nitrogen and oxygen atoms in total. The van der Waals surface area contributed by atoms with Crippen molar-refractivity contribution in [1.29, 1.82) is 0 Å². The van der Waals surface area contributed by atoms with Gasteiger partial charge in [-0.05, 0) is 29.8 Å². The minimum absolute atomic E-state index is 0.00124. The van der Waals surface area contributed by atoms with E-state index >= 15 is 0 Å². The van der Waals surface area contributed by atoms with E-state index in [0.717, 1.165) is 23.3 Å². The van der Waals surface area contributed by atoms with Gasteiger partial charge in [0.25, 0.3) is 0 Å². The molecule has 214 valence electrons. The van der Waals surface area contributed by atoms with Crippen LogP contribution in [-0.4, -0.2) is 51.0 Å². The Labute approximate surface area is 234 Å². The number of nitrogens with zero attached hydrogens (tertiary/aromatic N) is 2. The number of rotatable bonds is 10. The monoisotopic (exact) mass is 599 g/mol. The van der Waals surface area contributed by atoms with Gasteiger partial charge in [0.1, 0.15) is 18.4 Å². The van der Waals surface area contributed by atoms with Gasteiger partial charge in [-0.1, -0.05) is 60.1 Å². The average molecular weight is 600 g/mol. The van der Waals surface area contributed by atoms with Gasteiger partial charge in [0.05, 0.1) is 22.5 Å². The molecular formula is C27H26ClF4N3O4S. The van der Waals surface area contributed by atoms with E-state index in [4.69, 9.17) is 11.6 Å². The first-order valence-electron chi connectivity index (χ1n) is 11.8. The van der Waals surface area contributed by atoms with Crippen molar-refractivity contribution >= 4 is 39.1 Å². The number of likely N-dealkylation sites (N-methyl/N-ethyl adjacent to an activating group) is 1. The molecule has 0 fully saturated rings. The minimum Gasteiger partial charge on any atom is -0.357 e. The van der Waals surface area contributed by atoms with E-state index in [-0.39, 0.29) is 12.0 Å². The Bertz CT molecular complexity index is 1470. The zero-order valence-corrected chi connectivity index (χ0v) is 23.0. The molecule has 0 heterocycles. The van der Waals surface area contributed by atoms with Gasteiger partial charge in [0.15, 0.2) is 0 Å². The third-order valence-corrected chi connectivity index (χ3v) is 7.51. The van der Waals surface area contributed by atoms with Gasteiger partial charge in [-0.25, -0.2) is 12.8 Å². The number of sulfonamides is 1. The molecule has 2 amide bonds. The van der Waals surface area contributed by atoms with Crippen LogP contribution >= 0.6 is 11.6 Å². The van der Waals surface area contributed by atoms with E-state index in [2.05, 4.69) is 5.32 Å². The van der Waals surface area contributed by atoms with Gasteiger partial charge < -0.3 is 10.2 Å². The molecule has 1 atom stereocenters.